The maximum atomic E-state index is 3.07. The maximum Gasteiger partial charge on any atom is 0.0169 e. The van der Waals surface area contributed by atoms with Crippen LogP contribution in [0.25, 0.3) is 0 Å². The molecule has 0 saturated heterocycles. The zero-order valence-electron chi connectivity index (χ0n) is 4.87. The van der Waals surface area contributed by atoms with Gasteiger partial charge in [0.25, 0.3) is 0 Å². The summed E-state index contributed by atoms with van der Waals surface area (Å²) in [6.07, 6.45) is 1.28. The summed E-state index contributed by atoms with van der Waals surface area (Å²) < 4.78 is 3.07. The number of hydrogen-bond donors (Lipinski definition) is 1. The molecule has 1 nitrogen and oxygen atoms in total. The molecule has 0 amide bonds. The van der Waals surface area contributed by atoms with Crippen LogP contribution in [0.1, 0.15) is 20.3 Å². The van der Waals surface area contributed by atoms with Gasteiger partial charge in [-0.3, -0.25) is 3.53 Å². The van der Waals surface area contributed by atoms with E-state index in [-0.39, 0.29) is 0 Å². The lowest BCUT2D eigenvalue weighted by atomic mass is 10.1. The molecule has 0 aliphatic heterocycles. The van der Waals surface area contributed by atoms with Crippen molar-refractivity contribution >= 4 is 22.9 Å². The molecule has 0 spiro atoms. The Morgan fingerprint density at radius 2 is 2.14 bits per heavy atom. The summed E-state index contributed by atoms with van der Waals surface area (Å²) in [7, 11) is 0. The molecule has 1 N–H and O–H groups in total. The summed E-state index contributed by atoms with van der Waals surface area (Å²) in [6.45, 7) is 5.60. The van der Waals surface area contributed by atoms with Gasteiger partial charge in [0.15, 0.2) is 0 Å². The third-order valence-electron chi connectivity index (χ3n) is 0.816. The van der Waals surface area contributed by atoms with Gasteiger partial charge in [0, 0.05) is 29.4 Å². The molecule has 0 saturated carbocycles. The molecule has 0 aliphatic rings. The van der Waals surface area contributed by atoms with Gasteiger partial charge >= 0.3 is 0 Å². The first-order valence-electron chi connectivity index (χ1n) is 2.61. The monoisotopic (exact) mass is 213 g/mol. The Morgan fingerprint density at radius 1 is 1.57 bits per heavy atom. The van der Waals surface area contributed by atoms with Crippen LogP contribution in [0.4, 0.5) is 0 Å². The Balaban J connectivity index is 2.68. The van der Waals surface area contributed by atoms with Crippen molar-refractivity contribution in [2.24, 2.45) is 5.92 Å². The largest absolute Gasteiger partial charge is 0.261 e. The second kappa shape index (κ2) is 4.84. The molecular weight excluding hydrogens is 201 g/mol. The van der Waals surface area contributed by atoms with Crippen molar-refractivity contribution in [2.45, 2.75) is 20.3 Å². The van der Waals surface area contributed by atoms with E-state index < -0.39 is 0 Å². The van der Waals surface area contributed by atoms with E-state index in [1.165, 1.54) is 6.42 Å². The van der Waals surface area contributed by atoms with Gasteiger partial charge in [-0.1, -0.05) is 13.8 Å². The molecule has 44 valence electrons. The molecule has 0 aromatic rings. The van der Waals surface area contributed by atoms with Gasteiger partial charge in [-0.2, -0.15) is 0 Å². The fourth-order valence-corrected chi connectivity index (χ4v) is 0.655. The zero-order chi connectivity index (χ0) is 5.70. The van der Waals surface area contributed by atoms with E-state index in [2.05, 4.69) is 40.2 Å². The molecule has 0 aromatic heterocycles. The molecule has 0 atom stereocenters. The predicted molar refractivity (Wildman–Crippen MR) is 41.5 cm³/mol. The molecule has 0 rings (SSSR count). The van der Waals surface area contributed by atoms with Crippen molar-refractivity contribution in [1.29, 1.82) is 0 Å². The first-order valence-corrected chi connectivity index (χ1v) is 3.68. The number of rotatable bonds is 3. The lowest BCUT2D eigenvalue weighted by molar-refractivity contribution is 0.589. The Morgan fingerprint density at radius 3 is 2.29 bits per heavy atom. The molecule has 0 unspecified atom stereocenters. The maximum absolute atomic E-state index is 3.07. The molecule has 0 aromatic carbocycles. The minimum absolute atomic E-state index is 0.835. The lowest BCUT2D eigenvalue weighted by Crippen LogP contribution is -2.02. The Kier molecular flexibility index (Phi) is 5.32. The molecule has 0 aliphatic carbocycles. The third-order valence-corrected chi connectivity index (χ3v) is 1.36. The summed E-state index contributed by atoms with van der Waals surface area (Å²) in [4.78, 5) is 0. The molecule has 7 heavy (non-hydrogen) atoms. The minimum Gasteiger partial charge on any atom is -0.261 e. The summed E-state index contributed by atoms with van der Waals surface area (Å²) in [5.41, 5.74) is 0. The Hall–Kier alpha value is 0.690. The SMILES string of the molecule is CC(C)CCNI. The third kappa shape index (κ3) is 6.69. The van der Waals surface area contributed by atoms with Crippen molar-refractivity contribution in [3.05, 3.63) is 0 Å². The van der Waals surface area contributed by atoms with E-state index in [0.717, 1.165) is 12.5 Å². The first-order chi connectivity index (χ1) is 3.27. The average Bonchev–Trinajstić information content (AvgIpc) is 1.61. The van der Waals surface area contributed by atoms with Gasteiger partial charge in [0.05, 0.1) is 0 Å². The van der Waals surface area contributed by atoms with E-state index in [1.807, 2.05) is 0 Å². The van der Waals surface area contributed by atoms with Gasteiger partial charge < -0.3 is 0 Å². The van der Waals surface area contributed by atoms with E-state index in [9.17, 15) is 0 Å². The highest BCUT2D eigenvalue weighted by molar-refractivity contribution is 14.1. The minimum atomic E-state index is 0.835. The summed E-state index contributed by atoms with van der Waals surface area (Å²) >= 11 is 2.17. The fraction of sp³-hybridized carbons (Fsp3) is 1.00. The van der Waals surface area contributed by atoms with Crippen LogP contribution in [0.15, 0.2) is 0 Å². The van der Waals surface area contributed by atoms with Crippen LogP contribution in [-0.4, -0.2) is 6.54 Å². The van der Waals surface area contributed by atoms with Crippen molar-refractivity contribution in [1.82, 2.24) is 3.53 Å². The van der Waals surface area contributed by atoms with Gasteiger partial charge in [0.2, 0.25) is 0 Å². The fourth-order valence-electron chi connectivity index (χ4n) is 0.343. The van der Waals surface area contributed by atoms with Crippen molar-refractivity contribution in [3.8, 4) is 0 Å². The predicted octanol–water partition coefficient (Wildman–Crippen LogP) is 1.97. The van der Waals surface area contributed by atoms with Crippen molar-refractivity contribution < 1.29 is 0 Å². The van der Waals surface area contributed by atoms with Crippen LogP contribution in [0.3, 0.4) is 0 Å². The lowest BCUT2D eigenvalue weighted by Gasteiger charge is -1.99. The van der Waals surface area contributed by atoms with Crippen LogP contribution in [0.2, 0.25) is 0 Å². The smallest absolute Gasteiger partial charge is 0.0169 e. The first kappa shape index (κ1) is 7.69. The number of halogens is 1. The topological polar surface area (TPSA) is 12.0 Å². The van der Waals surface area contributed by atoms with Gasteiger partial charge in [-0.05, 0) is 12.3 Å². The van der Waals surface area contributed by atoms with E-state index in [0.29, 0.717) is 0 Å². The Labute approximate surface area is 59.4 Å². The number of nitrogens with one attached hydrogen (secondary N) is 1. The normalized spacial score (nSPS) is 10.3. The van der Waals surface area contributed by atoms with E-state index in [1.54, 1.807) is 0 Å². The molecular formula is C5H12IN. The number of hydrogen-bond acceptors (Lipinski definition) is 1. The highest BCUT2D eigenvalue weighted by Crippen LogP contribution is 1.96. The van der Waals surface area contributed by atoms with Crippen LogP contribution in [0.5, 0.6) is 0 Å². The summed E-state index contributed by atoms with van der Waals surface area (Å²) in [6, 6.07) is 0. The van der Waals surface area contributed by atoms with Gasteiger partial charge in [-0.15, -0.1) is 0 Å². The van der Waals surface area contributed by atoms with Gasteiger partial charge in [0.1, 0.15) is 0 Å². The van der Waals surface area contributed by atoms with E-state index >= 15 is 0 Å². The van der Waals surface area contributed by atoms with E-state index in [4.69, 9.17) is 0 Å². The van der Waals surface area contributed by atoms with Crippen LogP contribution in [-0.2, 0) is 0 Å². The second-order valence-corrected chi connectivity index (χ2v) is 2.83. The molecule has 0 fully saturated rings. The molecule has 0 bridgehead atoms. The van der Waals surface area contributed by atoms with Crippen LogP contribution in [0, 0.1) is 5.92 Å². The van der Waals surface area contributed by atoms with Crippen LogP contribution < -0.4 is 3.53 Å². The van der Waals surface area contributed by atoms with Gasteiger partial charge in [-0.25, -0.2) is 0 Å². The average molecular weight is 213 g/mol. The zero-order valence-corrected chi connectivity index (χ0v) is 7.03. The molecule has 0 heterocycles. The second-order valence-electron chi connectivity index (χ2n) is 2.07. The summed E-state index contributed by atoms with van der Waals surface area (Å²) in [5, 5.41) is 0. The molecule has 2 heteroatoms. The highest BCUT2D eigenvalue weighted by Gasteiger charge is 1.88. The Bertz CT molecular complexity index is 37.1. The van der Waals surface area contributed by atoms with Crippen molar-refractivity contribution in [2.75, 3.05) is 6.54 Å². The standard InChI is InChI=1S/C5H12IN/c1-5(2)3-4-7-6/h5,7H,3-4H2,1-2H3. The summed E-state index contributed by atoms with van der Waals surface area (Å²) in [5.74, 6) is 0.835. The van der Waals surface area contributed by atoms with Crippen molar-refractivity contribution in [3.63, 3.8) is 0 Å². The highest BCUT2D eigenvalue weighted by atomic mass is 127. The quantitative estimate of drug-likeness (QED) is 0.558. The molecule has 0 radical (unpaired) electrons. The van der Waals surface area contributed by atoms with Crippen LogP contribution >= 0.6 is 22.9 Å².